The number of nitrogens with two attached hydrogens (primary N) is 1. The number of carbonyl (C=O) groups excluding carboxylic acids is 3. The first-order valence-corrected chi connectivity index (χ1v) is 13.2. The van der Waals surface area contributed by atoms with Crippen molar-refractivity contribution in [2.45, 2.75) is 89.0 Å². The Morgan fingerprint density at radius 2 is 1.69 bits per heavy atom. The summed E-state index contributed by atoms with van der Waals surface area (Å²) in [4.78, 5) is 41.8. The van der Waals surface area contributed by atoms with Gasteiger partial charge in [0.05, 0.1) is 12.1 Å². The second-order valence-corrected chi connectivity index (χ2v) is 10.1. The lowest BCUT2D eigenvalue weighted by Gasteiger charge is -2.36. The Morgan fingerprint density at radius 3 is 2.42 bits per heavy atom. The SMILES string of the molecule is CC[C@H](N)C(=O)N[C@H]1CCCC[C@H]2CC[C@@H](C(=O)N[C@H](c3ccccc3)c3ccccc3C)N2C1=O. The first-order valence-electron chi connectivity index (χ1n) is 13.2. The number of hydrogen-bond acceptors (Lipinski definition) is 4. The molecule has 0 radical (unpaired) electrons. The van der Waals surface area contributed by atoms with Gasteiger partial charge >= 0.3 is 0 Å². The molecule has 3 amide bonds. The van der Waals surface area contributed by atoms with Crippen molar-refractivity contribution in [1.82, 2.24) is 15.5 Å². The minimum absolute atomic E-state index is 0.0152. The van der Waals surface area contributed by atoms with Crippen molar-refractivity contribution in [1.29, 1.82) is 0 Å². The van der Waals surface area contributed by atoms with Gasteiger partial charge in [0, 0.05) is 6.04 Å². The van der Waals surface area contributed by atoms with Crippen LogP contribution >= 0.6 is 0 Å². The highest BCUT2D eigenvalue weighted by Crippen LogP contribution is 2.33. The van der Waals surface area contributed by atoms with E-state index in [0.29, 0.717) is 19.3 Å². The van der Waals surface area contributed by atoms with Crippen molar-refractivity contribution in [3.8, 4) is 0 Å². The highest BCUT2D eigenvalue weighted by molar-refractivity contribution is 5.94. The molecule has 2 aliphatic heterocycles. The fourth-order valence-electron chi connectivity index (χ4n) is 5.52. The molecule has 2 aliphatic rings. The van der Waals surface area contributed by atoms with E-state index in [1.807, 2.05) is 68.4 Å². The molecular formula is C29H38N4O3. The second-order valence-electron chi connectivity index (χ2n) is 10.1. The Bertz CT molecular complexity index is 1070. The molecule has 4 N–H and O–H groups in total. The molecule has 0 saturated carbocycles. The van der Waals surface area contributed by atoms with Gasteiger partial charge in [0.15, 0.2) is 0 Å². The number of amides is 3. The van der Waals surface area contributed by atoms with E-state index in [9.17, 15) is 14.4 Å². The zero-order valence-corrected chi connectivity index (χ0v) is 21.3. The van der Waals surface area contributed by atoms with Crippen LogP contribution < -0.4 is 16.4 Å². The molecule has 0 aromatic heterocycles. The molecule has 2 aromatic rings. The van der Waals surface area contributed by atoms with Gasteiger partial charge in [-0.3, -0.25) is 14.4 Å². The molecule has 5 atom stereocenters. The second kappa shape index (κ2) is 11.7. The van der Waals surface area contributed by atoms with Crippen molar-refractivity contribution in [2.75, 3.05) is 0 Å². The molecule has 2 heterocycles. The summed E-state index contributed by atoms with van der Waals surface area (Å²) < 4.78 is 0. The highest BCUT2D eigenvalue weighted by atomic mass is 16.2. The number of hydrogen-bond donors (Lipinski definition) is 3. The largest absolute Gasteiger partial charge is 0.343 e. The fraction of sp³-hybridized carbons (Fsp3) is 0.483. The van der Waals surface area contributed by atoms with Gasteiger partial charge in [-0.05, 0) is 55.7 Å². The van der Waals surface area contributed by atoms with Crippen LogP contribution in [-0.2, 0) is 14.4 Å². The molecule has 0 unspecified atom stereocenters. The van der Waals surface area contributed by atoms with Gasteiger partial charge in [0.1, 0.15) is 12.1 Å². The minimum Gasteiger partial charge on any atom is -0.343 e. The molecule has 7 nitrogen and oxygen atoms in total. The van der Waals surface area contributed by atoms with E-state index in [1.165, 1.54) is 0 Å². The summed E-state index contributed by atoms with van der Waals surface area (Å²) in [6.45, 7) is 3.89. The van der Waals surface area contributed by atoms with Gasteiger partial charge in [-0.25, -0.2) is 0 Å². The third-order valence-electron chi connectivity index (χ3n) is 7.65. The molecular weight excluding hydrogens is 452 g/mol. The first-order chi connectivity index (χ1) is 17.4. The molecule has 2 fully saturated rings. The Kier molecular flexibility index (Phi) is 8.41. The summed E-state index contributed by atoms with van der Waals surface area (Å²) in [6.07, 6.45) is 5.18. The summed E-state index contributed by atoms with van der Waals surface area (Å²) in [5, 5.41) is 6.14. The normalized spacial score (nSPS) is 23.7. The van der Waals surface area contributed by atoms with Crippen molar-refractivity contribution >= 4 is 17.7 Å². The van der Waals surface area contributed by atoms with Crippen LogP contribution in [0.4, 0.5) is 0 Å². The Labute approximate surface area is 213 Å². The van der Waals surface area contributed by atoms with E-state index in [1.54, 1.807) is 4.90 Å². The van der Waals surface area contributed by atoms with Crippen LogP contribution in [0, 0.1) is 6.92 Å². The van der Waals surface area contributed by atoms with Gasteiger partial charge in [0.2, 0.25) is 17.7 Å². The van der Waals surface area contributed by atoms with Gasteiger partial charge in [-0.2, -0.15) is 0 Å². The summed E-state index contributed by atoms with van der Waals surface area (Å²) in [7, 11) is 0. The van der Waals surface area contributed by atoms with Gasteiger partial charge in [-0.15, -0.1) is 0 Å². The standard InChI is InChI=1S/C29H38N4O3/c1-3-23(30)27(34)31-24-16-10-8-14-21-17-18-25(33(21)29(24)36)28(35)32-26(20-12-5-4-6-13-20)22-15-9-7-11-19(22)2/h4-7,9,11-13,15,21,23-26H,3,8,10,14,16-18,30H2,1-2H3,(H,31,34)(H,32,35)/t21-,23-,24-,25-,26+/m0/s1. The molecule has 4 rings (SSSR count). The van der Waals surface area contributed by atoms with Crippen LogP contribution in [0.1, 0.15) is 74.6 Å². The molecule has 2 aromatic carbocycles. The number of rotatable bonds is 7. The molecule has 0 aliphatic carbocycles. The fourth-order valence-corrected chi connectivity index (χ4v) is 5.52. The highest BCUT2D eigenvalue weighted by Gasteiger charge is 2.44. The van der Waals surface area contributed by atoms with Crippen LogP contribution in [0.2, 0.25) is 0 Å². The average molecular weight is 491 g/mol. The number of benzene rings is 2. The van der Waals surface area contributed by atoms with Crippen LogP contribution in [-0.4, -0.2) is 46.8 Å². The zero-order valence-electron chi connectivity index (χ0n) is 21.3. The Morgan fingerprint density at radius 1 is 1.00 bits per heavy atom. The number of carbonyl (C=O) groups is 3. The number of nitrogens with one attached hydrogen (secondary N) is 2. The van der Waals surface area contributed by atoms with Gasteiger partial charge < -0.3 is 21.3 Å². The van der Waals surface area contributed by atoms with E-state index >= 15 is 0 Å². The summed E-state index contributed by atoms with van der Waals surface area (Å²) in [5.41, 5.74) is 9.02. The average Bonchev–Trinajstić information content (AvgIpc) is 3.31. The van der Waals surface area contributed by atoms with Crippen molar-refractivity contribution in [2.24, 2.45) is 5.73 Å². The monoisotopic (exact) mass is 490 g/mol. The minimum atomic E-state index is -0.646. The smallest absolute Gasteiger partial charge is 0.246 e. The maximum absolute atomic E-state index is 13.8. The maximum Gasteiger partial charge on any atom is 0.246 e. The quantitative estimate of drug-likeness (QED) is 0.554. The lowest BCUT2D eigenvalue weighted by molar-refractivity contribution is -0.144. The van der Waals surface area contributed by atoms with Crippen LogP contribution in [0.15, 0.2) is 54.6 Å². The van der Waals surface area contributed by atoms with Crippen LogP contribution in [0.5, 0.6) is 0 Å². The number of nitrogens with zero attached hydrogens (tertiary/aromatic N) is 1. The summed E-state index contributed by atoms with van der Waals surface area (Å²) in [6, 6.07) is 15.8. The zero-order chi connectivity index (χ0) is 25.7. The van der Waals surface area contributed by atoms with Crippen molar-refractivity contribution in [3.63, 3.8) is 0 Å². The molecule has 36 heavy (non-hydrogen) atoms. The molecule has 2 saturated heterocycles. The van der Waals surface area contributed by atoms with E-state index in [-0.39, 0.29) is 29.8 Å². The molecule has 0 bridgehead atoms. The van der Waals surface area contributed by atoms with E-state index in [2.05, 4.69) is 10.6 Å². The summed E-state index contributed by atoms with van der Waals surface area (Å²) in [5.74, 6) is -0.628. The van der Waals surface area contributed by atoms with Crippen molar-refractivity contribution < 1.29 is 14.4 Å². The third-order valence-corrected chi connectivity index (χ3v) is 7.65. The van der Waals surface area contributed by atoms with Crippen molar-refractivity contribution in [3.05, 3.63) is 71.3 Å². The Hall–Kier alpha value is -3.19. The topological polar surface area (TPSA) is 105 Å². The number of aryl methyl sites for hydroxylation is 1. The van der Waals surface area contributed by atoms with Crippen LogP contribution in [0.25, 0.3) is 0 Å². The maximum atomic E-state index is 13.8. The predicted octanol–water partition coefficient (Wildman–Crippen LogP) is 3.36. The Balaban J connectivity index is 1.58. The van der Waals surface area contributed by atoms with E-state index in [0.717, 1.165) is 42.4 Å². The lowest BCUT2D eigenvalue weighted by Crippen LogP contribution is -2.58. The summed E-state index contributed by atoms with van der Waals surface area (Å²) >= 11 is 0. The van der Waals surface area contributed by atoms with E-state index < -0.39 is 18.1 Å². The molecule has 0 spiro atoms. The van der Waals surface area contributed by atoms with Crippen LogP contribution in [0.3, 0.4) is 0 Å². The van der Waals surface area contributed by atoms with Gasteiger partial charge in [0.25, 0.3) is 0 Å². The third kappa shape index (κ3) is 5.62. The number of fused-ring (bicyclic) bond motifs is 1. The predicted molar refractivity (Wildman–Crippen MR) is 140 cm³/mol. The first kappa shape index (κ1) is 25.9. The van der Waals surface area contributed by atoms with Gasteiger partial charge in [-0.1, -0.05) is 74.4 Å². The molecule has 7 heteroatoms. The molecule has 192 valence electrons. The van der Waals surface area contributed by atoms with E-state index in [4.69, 9.17) is 5.73 Å². The lowest BCUT2D eigenvalue weighted by atomic mass is 9.94.